The van der Waals surface area contributed by atoms with Gasteiger partial charge in [-0.1, -0.05) is 0 Å². The van der Waals surface area contributed by atoms with E-state index < -0.39 is 23.2 Å². The predicted molar refractivity (Wildman–Crippen MR) is 43.0 cm³/mol. The van der Waals surface area contributed by atoms with Gasteiger partial charge in [0.05, 0.1) is 7.11 Å². The standard InChI is InChI=1S/C7H8F2N2O2/c1-13-3-2-11-5(7(8)9)4(10)6(3)12/h2,7H,10H2,1H3,(H,11,12). The summed E-state index contributed by atoms with van der Waals surface area (Å²) in [6.07, 6.45) is -1.74. The zero-order valence-electron chi connectivity index (χ0n) is 6.80. The number of nitrogens with two attached hydrogens (primary N) is 1. The van der Waals surface area contributed by atoms with Crippen LogP contribution in [-0.4, -0.2) is 12.1 Å². The first-order valence-electron chi connectivity index (χ1n) is 3.41. The number of ether oxygens (including phenoxy) is 1. The molecule has 0 aliphatic carbocycles. The van der Waals surface area contributed by atoms with Gasteiger partial charge in [0.25, 0.3) is 6.43 Å². The Morgan fingerprint density at radius 1 is 1.62 bits per heavy atom. The van der Waals surface area contributed by atoms with Crippen molar-refractivity contribution in [2.24, 2.45) is 0 Å². The minimum atomic E-state index is -2.79. The number of aromatic amines is 1. The number of hydrogen-bond acceptors (Lipinski definition) is 3. The normalized spacial score (nSPS) is 10.5. The maximum absolute atomic E-state index is 12.2. The van der Waals surface area contributed by atoms with E-state index in [1.54, 1.807) is 0 Å². The molecule has 0 radical (unpaired) electrons. The van der Waals surface area contributed by atoms with Crippen LogP contribution in [0.25, 0.3) is 0 Å². The van der Waals surface area contributed by atoms with Crippen molar-refractivity contribution in [3.8, 4) is 5.75 Å². The van der Waals surface area contributed by atoms with Gasteiger partial charge in [0.1, 0.15) is 11.4 Å². The fraction of sp³-hybridized carbons (Fsp3) is 0.286. The molecule has 0 spiro atoms. The lowest BCUT2D eigenvalue weighted by molar-refractivity contribution is 0.147. The molecule has 1 aromatic heterocycles. The molecule has 1 heterocycles. The molecule has 1 rings (SSSR count). The number of nitrogen functional groups attached to an aromatic ring is 1. The Kier molecular flexibility index (Phi) is 2.50. The number of aromatic nitrogens is 1. The average molecular weight is 190 g/mol. The Hall–Kier alpha value is -1.59. The molecule has 6 heteroatoms. The molecule has 4 nitrogen and oxygen atoms in total. The zero-order chi connectivity index (χ0) is 10.0. The molecule has 0 saturated carbocycles. The van der Waals surface area contributed by atoms with Crippen molar-refractivity contribution in [3.63, 3.8) is 0 Å². The second kappa shape index (κ2) is 3.42. The van der Waals surface area contributed by atoms with Gasteiger partial charge < -0.3 is 15.5 Å². The van der Waals surface area contributed by atoms with Gasteiger partial charge in [0.15, 0.2) is 5.75 Å². The van der Waals surface area contributed by atoms with Gasteiger partial charge in [0.2, 0.25) is 5.43 Å². The highest BCUT2D eigenvalue weighted by Gasteiger charge is 2.16. The molecular formula is C7H8F2N2O2. The molecule has 72 valence electrons. The van der Waals surface area contributed by atoms with Crippen LogP contribution >= 0.6 is 0 Å². The third-order valence-electron chi connectivity index (χ3n) is 1.56. The molecule has 0 atom stereocenters. The average Bonchev–Trinajstić information content (AvgIpc) is 2.09. The van der Waals surface area contributed by atoms with Crippen LogP contribution < -0.4 is 15.9 Å². The summed E-state index contributed by atoms with van der Waals surface area (Å²) in [4.78, 5) is 13.3. The van der Waals surface area contributed by atoms with E-state index in [9.17, 15) is 13.6 Å². The number of anilines is 1. The number of nitrogens with one attached hydrogen (secondary N) is 1. The van der Waals surface area contributed by atoms with Gasteiger partial charge in [-0.2, -0.15) is 0 Å². The van der Waals surface area contributed by atoms with E-state index in [1.165, 1.54) is 7.11 Å². The van der Waals surface area contributed by atoms with E-state index in [4.69, 9.17) is 5.73 Å². The monoisotopic (exact) mass is 190 g/mol. The quantitative estimate of drug-likeness (QED) is 0.728. The summed E-state index contributed by atoms with van der Waals surface area (Å²) < 4.78 is 28.9. The van der Waals surface area contributed by atoms with E-state index in [-0.39, 0.29) is 5.75 Å². The third-order valence-corrected chi connectivity index (χ3v) is 1.56. The zero-order valence-corrected chi connectivity index (χ0v) is 6.80. The van der Waals surface area contributed by atoms with Gasteiger partial charge in [0, 0.05) is 6.20 Å². The molecule has 3 N–H and O–H groups in total. The molecule has 1 aromatic rings. The SMILES string of the molecule is COc1c[nH]c(C(F)F)c(N)c1=O. The Bertz CT molecular complexity index is 362. The second-order valence-corrected chi connectivity index (χ2v) is 2.31. The number of rotatable bonds is 2. The van der Waals surface area contributed by atoms with Crippen LogP contribution in [0.4, 0.5) is 14.5 Å². The highest BCUT2D eigenvalue weighted by molar-refractivity contribution is 5.47. The smallest absolute Gasteiger partial charge is 0.280 e. The molecule has 0 fully saturated rings. The van der Waals surface area contributed by atoms with Gasteiger partial charge >= 0.3 is 0 Å². The molecule has 0 aliphatic heterocycles. The number of pyridine rings is 1. The minimum absolute atomic E-state index is 0.0816. The molecular weight excluding hydrogens is 182 g/mol. The van der Waals surface area contributed by atoms with Gasteiger partial charge in [-0.3, -0.25) is 4.79 Å². The summed E-state index contributed by atoms with van der Waals surface area (Å²) in [6.45, 7) is 0. The predicted octanol–water partition coefficient (Wildman–Crippen LogP) is 0.903. The maximum Gasteiger partial charge on any atom is 0.280 e. The van der Waals surface area contributed by atoms with Crippen molar-refractivity contribution in [2.75, 3.05) is 12.8 Å². The van der Waals surface area contributed by atoms with Crippen molar-refractivity contribution in [2.45, 2.75) is 6.43 Å². The van der Waals surface area contributed by atoms with Crippen molar-refractivity contribution >= 4 is 5.69 Å². The summed E-state index contributed by atoms with van der Waals surface area (Å²) in [7, 11) is 1.26. The Balaban J connectivity index is 3.32. The lowest BCUT2D eigenvalue weighted by atomic mass is 10.3. The topological polar surface area (TPSA) is 68.1 Å². The summed E-state index contributed by atoms with van der Waals surface area (Å²) in [5, 5.41) is 0. The summed E-state index contributed by atoms with van der Waals surface area (Å²) in [5.74, 6) is -0.0816. The van der Waals surface area contributed by atoms with Crippen LogP contribution in [0.2, 0.25) is 0 Å². The molecule has 0 unspecified atom stereocenters. The number of halogens is 2. The molecule has 0 amide bonds. The largest absolute Gasteiger partial charge is 0.491 e. The van der Waals surface area contributed by atoms with E-state index in [1.807, 2.05) is 0 Å². The number of hydrogen-bond donors (Lipinski definition) is 2. The van der Waals surface area contributed by atoms with E-state index >= 15 is 0 Å². The van der Waals surface area contributed by atoms with Gasteiger partial charge in [-0.15, -0.1) is 0 Å². The Morgan fingerprint density at radius 2 is 2.23 bits per heavy atom. The fourth-order valence-electron chi connectivity index (χ4n) is 0.874. The lowest BCUT2D eigenvalue weighted by Gasteiger charge is -2.05. The number of methoxy groups -OCH3 is 1. The first-order chi connectivity index (χ1) is 6.07. The van der Waals surface area contributed by atoms with Crippen LogP contribution in [0.1, 0.15) is 12.1 Å². The fourth-order valence-corrected chi connectivity index (χ4v) is 0.874. The lowest BCUT2D eigenvalue weighted by Crippen LogP contribution is -2.15. The van der Waals surface area contributed by atoms with Crippen molar-refractivity contribution in [3.05, 3.63) is 22.1 Å². The van der Waals surface area contributed by atoms with Gasteiger partial charge in [-0.05, 0) is 0 Å². The first kappa shape index (κ1) is 9.50. The molecule has 0 aromatic carbocycles. The van der Waals surface area contributed by atoms with Crippen LogP contribution in [0.5, 0.6) is 5.75 Å². The second-order valence-electron chi connectivity index (χ2n) is 2.31. The van der Waals surface area contributed by atoms with Crippen LogP contribution in [-0.2, 0) is 0 Å². The maximum atomic E-state index is 12.2. The minimum Gasteiger partial charge on any atom is -0.491 e. The highest BCUT2D eigenvalue weighted by atomic mass is 19.3. The van der Waals surface area contributed by atoms with Crippen LogP contribution in [0, 0.1) is 0 Å². The van der Waals surface area contributed by atoms with E-state index in [0.29, 0.717) is 0 Å². The van der Waals surface area contributed by atoms with Gasteiger partial charge in [-0.25, -0.2) is 8.78 Å². The van der Waals surface area contributed by atoms with Crippen LogP contribution in [0.15, 0.2) is 11.0 Å². The Labute approximate surface area is 72.3 Å². The molecule has 13 heavy (non-hydrogen) atoms. The summed E-state index contributed by atoms with van der Waals surface area (Å²) >= 11 is 0. The highest BCUT2D eigenvalue weighted by Crippen LogP contribution is 2.21. The summed E-state index contributed by atoms with van der Waals surface area (Å²) in [5.41, 5.74) is 3.35. The molecule has 0 bridgehead atoms. The Morgan fingerprint density at radius 3 is 2.69 bits per heavy atom. The summed E-state index contributed by atoms with van der Waals surface area (Å²) in [6, 6.07) is 0. The number of alkyl halides is 2. The molecule has 0 aliphatic rings. The van der Waals surface area contributed by atoms with Crippen LogP contribution in [0.3, 0.4) is 0 Å². The number of H-pyrrole nitrogens is 1. The van der Waals surface area contributed by atoms with Crippen molar-refractivity contribution < 1.29 is 13.5 Å². The van der Waals surface area contributed by atoms with E-state index in [2.05, 4.69) is 9.72 Å². The van der Waals surface area contributed by atoms with E-state index in [0.717, 1.165) is 6.20 Å². The van der Waals surface area contributed by atoms with Crippen molar-refractivity contribution in [1.29, 1.82) is 0 Å². The molecule has 0 saturated heterocycles. The third kappa shape index (κ3) is 1.61. The van der Waals surface area contributed by atoms with Crippen molar-refractivity contribution in [1.82, 2.24) is 4.98 Å². The first-order valence-corrected chi connectivity index (χ1v) is 3.41.